The fraction of sp³-hybridized carbons (Fsp3) is 0.440. The molecule has 1 aromatic carbocycles. The summed E-state index contributed by atoms with van der Waals surface area (Å²) >= 11 is 0. The van der Waals surface area contributed by atoms with Gasteiger partial charge in [-0.25, -0.2) is 9.97 Å². The van der Waals surface area contributed by atoms with Gasteiger partial charge in [0.05, 0.1) is 17.8 Å². The van der Waals surface area contributed by atoms with E-state index >= 15 is 0 Å². The largest absolute Gasteiger partial charge is 0.435 e. The highest BCUT2D eigenvalue weighted by Gasteiger charge is 2.38. The van der Waals surface area contributed by atoms with E-state index in [9.17, 15) is 8.78 Å². The van der Waals surface area contributed by atoms with Gasteiger partial charge in [0, 0.05) is 42.0 Å². The SMILES string of the molecule is CC1=NCc2ncnc(N3CCC(C)(C4=NC(C)=C(c5cccc(OC(F)F)c5)C4)CC3)c21. The van der Waals surface area contributed by atoms with Crippen LogP contribution < -0.4 is 9.64 Å². The number of aromatic nitrogens is 2. The van der Waals surface area contributed by atoms with Crippen molar-refractivity contribution in [1.29, 1.82) is 0 Å². The Balaban J connectivity index is 1.29. The molecule has 1 aromatic heterocycles. The normalized spacial score (nSPS) is 19.6. The van der Waals surface area contributed by atoms with Gasteiger partial charge in [-0.1, -0.05) is 19.1 Å². The molecule has 1 fully saturated rings. The predicted molar refractivity (Wildman–Crippen MR) is 125 cm³/mol. The quantitative estimate of drug-likeness (QED) is 0.620. The van der Waals surface area contributed by atoms with Crippen LogP contribution in [-0.4, -0.2) is 41.1 Å². The molecule has 1 saturated heterocycles. The zero-order valence-corrected chi connectivity index (χ0v) is 19.1. The summed E-state index contributed by atoms with van der Waals surface area (Å²) in [7, 11) is 0. The van der Waals surface area contributed by atoms with Crippen LogP contribution >= 0.6 is 0 Å². The fourth-order valence-electron chi connectivity index (χ4n) is 5.04. The van der Waals surface area contributed by atoms with Gasteiger partial charge in [0.1, 0.15) is 17.9 Å². The molecule has 0 N–H and O–H groups in total. The molecular weight excluding hydrogens is 424 g/mol. The first kappa shape index (κ1) is 21.7. The Hall–Kier alpha value is -3.16. The molecule has 0 aliphatic carbocycles. The van der Waals surface area contributed by atoms with Gasteiger partial charge in [0.25, 0.3) is 0 Å². The molecule has 0 bridgehead atoms. The third-order valence-corrected chi connectivity index (χ3v) is 7.09. The van der Waals surface area contributed by atoms with E-state index in [2.05, 4.69) is 31.5 Å². The van der Waals surface area contributed by atoms with Crippen LogP contribution in [-0.2, 0) is 6.54 Å². The summed E-state index contributed by atoms with van der Waals surface area (Å²) in [4.78, 5) is 20.8. The number of fused-ring (bicyclic) bond motifs is 1. The minimum absolute atomic E-state index is 0.0179. The molecule has 0 spiro atoms. The third-order valence-electron chi connectivity index (χ3n) is 7.09. The summed E-state index contributed by atoms with van der Waals surface area (Å²) in [5, 5.41) is 0. The number of benzene rings is 1. The number of allylic oxidation sites excluding steroid dienone is 2. The van der Waals surface area contributed by atoms with Crippen molar-refractivity contribution in [3.63, 3.8) is 0 Å². The van der Waals surface area contributed by atoms with Crippen molar-refractivity contribution >= 4 is 22.8 Å². The van der Waals surface area contributed by atoms with Gasteiger partial charge >= 0.3 is 6.61 Å². The Bertz CT molecular complexity index is 1180. The number of rotatable bonds is 5. The van der Waals surface area contributed by atoms with Crippen LogP contribution in [0.25, 0.3) is 5.57 Å². The minimum Gasteiger partial charge on any atom is -0.435 e. The predicted octanol–water partition coefficient (Wildman–Crippen LogP) is 5.28. The van der Waals surface area contributed by atoms with Gasteiger partial charge in [0.15, 0.2) is 0 Å². The van der Waals surface area contributed by atoms with Gasteiger partial charge < -0.3 is 9.64 Å². The van der Waals surface area contributed by atoms with Gasteiger partial charge in [-0.05, 0) is 50.0 Å². The zero-order valence-electron chi connectivity index (χ0n) is 19.1. The lowest BCUT2D eigenvalue weighted by molar-refractivity contribution is -0.0498. The minimum atomic E-state index is -2.83. The van der Waals surface area contributed by atoms with Crippen molar-refractivity contribution in [2.45, 2.75) is 53.2 Å². The molecule has 3 aliphatic heterocycles. The van der Waals surface area contributed by atoms with Crippen molar-refractivity contribution in [3.8, 4) is 5.75 Å². The molecule has 0 saturated carbocycles. The van der Waals surface area contributed by atoms with E-state index in [4.69, 9.17) is 4.99 Å². The third kappa shape index (κ3) is 4.03. The average Bonchev–Trinajstić information content (AvgIpc) is 3.37. The van der Waals surface area contributed by atoms with E-state index in [0.717, 1.165) is 72.0 Å². The standard InChI is InChI=1S/C25H27F2N5O/c1-15-19(17-5-4-6-18(11-17)33-24(26)27)12-21(31-15)25(3)7-9-32(10-8-25)23-22-16(2)28-13-20(22)29-14-30-23/h4-6,11,14,24H,7-10,12-13H2,1-3H3. The molecule has 4 heterocycles. The molecule has 172 valence electrons. The Morgan fingerprint density at radius 1 is 1.12 bits per heavy atom. The second kappa shape index (κ2) is 8.32. The highest BCUT2D eigenvalue weighted by atomic mass is 19.3. The lowest BCUT2D eigenvalue weighted by Gasteiger charge is -2.40. The lowest BCUT2D eigenvalue weighted by Crippen LogP contribution is -2.43. The summed E-state index contributed by atoms with van der Waals surface area (Å²) in [6.07, 6.45) is 4.31. The smallest absolute Gasteiger partial charge is 0.387 e. The van der Waals surface area contributed by atoms with Gasteiger partial charge in [-0.15, -0.1) is 0 Å². The van der Waals surface area contributed by atoms with Crippen molar-refractivity contribution in [2.75, 3.05) is 18.0 Å². The molecule has 6 nitrogen and oxygen atoms in total. The van der Waals surface area contributed by atoms with Crippen molar-refractivity contribution < 1.29 is 13.5 Å². The zero-order chi connectivity index (χ0) is 23.2. The van der Waals surface area contributed by atoms with E-state index in [-0.39, 0.29) is 11.2 Å². The summed E-state index contributed by atoms with van der Waals surface area (Å²) < 4.78 is 29.9. The summed E-state index contributed by atoms with van der Waals surface area (Å²) in [6.45, 7) is 5.88. The monoisotopic (exact) mass is 451 g/mol. The number of alkyl halides is 2. The number of anilines is 1. The van der Waals surface area contributed by atoms with Crippen LogP contribution in [0.15, 0.2) is 46.3 Å². The topological polar surface area (TPSA) is 63.0 Å². The Morgan fingerprint density at radius 3 is 2.67 bits per heavy atom. The Kier molecular flexibility index (Phi) is 5.46. The number of hydrogen-bond acceptors (Lipinski definition) is 6. The average molecular weight is 452 g/mol. The second-order valence-electron chi connectivity index (χ2n) is 9.17. The first-order chi connectivity index (χ1) is 15.8. The van der Waals surface area contributed by atoms with E-state index < -0.39 is 6.61 Å². The van der Waals surface area contributed by atoms with Crippen LogP contribution in [0.5, 0.6) is 5.75 Å². The Morgan fingerprint density at radius 2 is 1.91 bits per heavy atom. The molecule has 0 amide bonds. The van der Waals surface area contributed by atoms with Gasteiger partial charge in [-0.3, -0.25) is 9.98 Å². The summed E-state index contributed by atoms with van der Waals surface area (Å²) in [5.41, 5.74) is 7.17. The van der Waals surface area contributed by atoms with Crippen LogP contribution in [0.3, 0.4) is 0 Å². The molecule has 0 unspecified atom stereocenters. The maximum atomic E-state index is 12.6. The molecule has 2 aromatic rings. The van der Waals surface area contributed by atoms with Crippen LogP contribution in [0.2, 0.25) is 0 Å². The molecular formula is C25H27F2N5O. The highest BCUT2D eigenvalue weighted by molar-refractivity contribution is 6.06. The van der Waals surface area contributed by atoms with Crippen molar-refractivity contribution in [3.05, 3.63) is 53.1 Å². The maximum absolute atomic E-state index is 12.6. The molecule has 0 radical (unpaired) electrons. The molecule has 5 rings (SSSR count). The van der Waals surface area contributed by atoms with E-state index in [1.165, 1.54) is 5.71 Å². The van der Waals surface area contributed by atoms with Crippen LogP contribution in [0.1, 0.15) is 56.9 Å². The number of piperidine rings is 1. The van der Waals surface area contributed by atoms with Gasteiger partial charge in [-0.2, -0.15) is 8.78 Å². The highest BCUT2D eigenvalue weighted by Crippen LogP contribution is 2.42. The number of nitrogens with zero attached hydrogens (tertiary/aromatic N) is 5. The summed E-state index contributed by atoms with van der Waals surface area (Å²) in [5.74, 6) is 1.16. The number of aliphatic imine (C=N–C) groups is 2. The number of halogens is 2. The first-order valence-corrected chi connectivity index (χ1v) is 11.3. The molecule has 8 heteroatoms. The van der Waals surface area contributed by atoms with Crippen LogP contribution in [0.4, 0.5) is 14.6 Å². The van der Waals surface area contributed by atoms with E-state index in [1.54, 1.807) is 24.5 Å². The van der Waals surface area contributed by atoms with E-state index in [0.29, 0.717) is 6.54 Å². The molecule has 0 atom stereocenters. The Labute approximate surface area is 192 Å². The van der Waals surface area contributed by atoms with Crippen molar-refractivity contribution in [2.24, 2.45) is 15.4 Å². The van der Waals surface area contributed by atoms with Crippen molar-refractivity contribution in [1.82, 2.24) is 9.97 Å². The molecule has 33 heavy (non-hydrogen) atoms. The second-order valence-corrected chi connectivity index (χ2v) is 9.17. The lowest BCUT2D eigenvalue weighted by atomic mass is 9.74. The van der Waals surface area contributed by atoms with E-state index in [1.807, 2.05) is 19.9 Å². The van der Waals surface area contributed by atoms with Gasteiger partial charge in [0.2, 0.25) is 0 Å². The van der Waals surface area contributed by atoms with Crippen LogP contribution in [0, 0.1) is 5.41 Å². The summed E-state index contributed by atoms with van der Waals surface area (Å²) in [6, 6.07) is 6.90. The number of hydrogen-bond donors (Lipinski definition) is 0. The first-order valence-electron chi connectivity index (χ1n) is 11.3. The fourth-order valence-corrected chi connectivity index (χ4v) is 5.04. The maximum Gasteiger partial charge on any atom is 0.387 e. The number of ether oxygens (including phenoxy) is 1. The molecule has 3 aliphatic rings.